The number of carbonyl (C=O) groups is 1. The van der Waals surface area contributed by atoms with E-state index >= 15 is 0 Å². The van der Waals surface area contributed by atoms with Crippen molar-refractivity contribution in [2.24, 2.45) is 5.41 Å². The van der Waals surface area contributed by atoms with Crippen LogP contribution in [0.5, 0.6) is 5.75 Å². The van der Waals surface area contributed by atoms with Gasteiger partial charge in [0.2, 0.25) is 0 Å². The molecule has 238 valence electrons. The van der Waals surface area contributed by atoms with Gasteiger partial charge in [-0.25, -0.2) is 4.98 Å². The Bertz CT molecular complexity index is 1860. The van der Waals surface area contributed by atoms with Gasteiger partial charge in [0.05, 0.1) is 28.1 Å². The van der Waals surface area contributed by atoms with Gasteiger partial charge >= 0.3 is 12.5 Å². The fourth-order valence-corrected chi connectivity index (χ4v) is 7.76. The molecule has 4 heterocycles. The molecule has 8 rings (SSSR count). The molecule has 12 heteroatoms. The molecule has 3 aliphatic carbocycles. The number of piperidine rings is 1. The third-order valence-electron chi connectivity index (χ3n) is 9.59. The molecule has 1 amide bonds. The van der Waals surface area contributed by atoms with Crippen LogP contribution in [0.15, 0.2) is 53.2 Å². The van der Waals surface area contributed by atoms with Crippen molar-refractivity contribution in [3.63, 3.8) is 0 Å². The molecular formula is C34H33F2N5O4S. The summed E-state index contributed by atoms with van der Waals surface area (Å²) in [6.07, 6.45) is 10.9. The van der Waals surface area contributed by atoms with E-state index in [-0.39, 0.29) is 22.1 Å². The van der Waals surface area contributed by atoms with Crippen LogP contribution in [0, 0.1) is 12.3 Å². The molecule has 0 bridgehead atoms. The van der Waals surface area contributed by atoms with Crippen LogP contribution in [-0.2, 0) is 11.4 Å². The molecule has 1 aliphatic heterocycles. The first-order chi connectivity index (χ1) is 22.3. The zero-order chi connectivity index (χ0) is 31.6. The fraction of sp³-hybridized carbons (Fsp3) is 0.412. The van der Waals surface area contributed by atoms with E-state index in [1.54, 1.807) is 18.3 Å². The van der Waals surface area contributed by atoms with Crippen molar-refractivity contribution in [3.8, 4) is 17.1 Å². The first kappa shape index (κ1) is 29.4. The number of rotatable bonds is 9. The number of nitrogens with zero attached hydrogens (tertiary/aromatic N) is 4. The number of fused-ring (bicyclic) bond motifs is 1. The number of hydrogen-bond acceptors (Lipinski definition) is 8. The highest BCUT2D eigenvalue weighted by molar-refractivity contribution is 7.91. The van der Waals surface area contributed by atoms with E-state index in [0.29, 0.717) is 16.8 Å². The van der Waals surface area contributed by atoms with Gasteiger partial charge in [-0.05, 0) is 79.8 Å². The molecule has 0 radical (unpaired) electrons. The van der Waals surface area contributed by atoms with Gasteiger partial charge in [-0.2, -0.15) is 13.5 Å². The zero-order valence-corrected chi connectivity index (χ0v) is 26.1. The number of amides is 1. The SMILES string of the molecule is Cc1cccnc1-c1noc(C2CC2)c1C1=CC2(CCN(c3ccc4nc(C(=O)N[S+]([O-])C5CC5)cc(OC(F)F)c4c3)CC2)C1. The van der Waals surface area contributed by atoms with Crippen molar-refractivity contribution in [1.29, 1.82) is 0 Å². The molecule has 1 saturated heterocycles. The maximum atomic E-state index is 13.4. The van der Waals surface area contributed by atoms with Crippen LogP contribution >= 0.6 is 0 Å². The summed E-state index contributed by atoms with van der Waals surface area (Å²) in [5, 5.41) is 4.82. The Hall–Kier alpha value is -4.03. The van der Waals surface area contributed by atoms with Gasteiger partial charge in [0.15, 0.2) is 0 Å². The molecule has 1 atom stereocenters. The Balaban J connectivity index is 1.01. The first-order valence-corrected chi connectivity index (χ1v) is 17.0. The number of aryl methyl sites for hydroxylation is 1. The monoisotopic (exact) mass is 645 g/mol. The molecule has 9 nitrogen and oxygen atoms in total. The normalized spacial score (nSPS) is 19.7. The number of benzene rings is 1. The lowest BCUT2D eigenvalue weighted by Gasteiger charge is -2.47. The molecule has 1 aromatic carbocycles. The Morgan fingerprint density at radius 1 is 1.15 bits per heavy atom. The minimum Gasteiger partial charge on any atom is -0.593 e. The van der Waals surface area contributed by atoms with Crippen LogP contribution in [0.3, 0.4) is 0 Å². The smallest absolute Gasteiger partial charge is 0.387 e. The van der Waals surface area contributed by atoms with Crippen molar-refractivity contribution in [3.05, 3.63) is 71.3 Å². The number of ether oxygens (including phenoxy) is 1. The van der Waals surface area contributed by atoms with Gasteiger partial charge in [-0.3, -0.25) is 9.78 Å². The number of nitrogens with one attached hydrogen (secondary N) is 1. The average molecular weight is 646 g/mol. The van der Waals surface area contributed by atoms with E-state index in [1.807, 2.05) is 25.1 Å². The Morgan fingerprint density at radius 2 is 1.93 bits per heavy atom. The van der Waals surface area contributed by atoms with Gasteiger partial charge in [0.1, 0.15) is 28.1 Å². The second-order valence-electron chi connectivity index (χ2n) is 12.9. The summed E-state index contributed by atoms with van der Waals surface area (Å²) in [5.74, 6) is 0.603. The minimum atomic E-state index is -3.08. The number of carbonyl (C=O) groups excluding carboxylic acids is 1. The topological polar surface area (TPSA) is 116 Å². The van der Waals surface area contributed by atoms with E-state index in [4.69, 9.17) is 9.26 Å². The van der Waals surface area contributed by atoms with Crippen LogP contribution < -0.4 is 14.4 Å². The molecule has 2 saturated carbocycles. The highest BCUT2D eigenvalue weighted by Gasteiger charge is 2.44. The average Bonchev–Trinajstić information content (AvgIpc) is 3.97. The van der Waals surface area contributed by atoms with E-state index in [0.717, 1.165) is 92.0 Å². The predicted molar refractivity (Wildman–Crippen MR) is 170 cm³/mol. The Kier molecular flexibility index (Phi) is 7.24. The maximum absolute atomic E-state index is 13.4. The third-order valence-corrected chi connectivity index (χ3v) is 11.1. The van der Waals surface area contributed by atoms with Gasteiger partial charge < -0.3 is 18.7 Å². The summed E-state index contributed by atoms with van der Waals surface area (Å²) in [6, 6.07) is 10.6. The Labute approximate surface area is 267 Å². The summed E-state index contributed by atoms with van der Waals surface area (Å²) in [5.41, 5.74) is 6.38. The van der Waals surface area contributed by atoms with Crippen molar-refractivity contribution < 1.29 is 27.4 Å². The van der Waals surface area contributed by atoms with E-state index in [1.165, 1.54) is 11.6 Å². The van der Waals surface area contributed by atoms with E-state index in [2.05, 4.69) is 30.8 Å². The summed E-state index contributed by atoms with van der Waals surface area (Å²) < 4.78 is 52.2. The number of anilines is 1. The van der Waals surface area contributed by atoms with Gasteiger partial charge in [0, 0.05) is 55.2 Å². The van der Waals surface area contributed by atoms with Gasteiger partial charge in [0.25, 0.3) is 0 Å². The third kappa shape index (κ3) is 5.51. The number of halogens is 2. The van der Waals surface area contributed by atoms with E-state index < -0.39 is 23.9 Å². The second-order valence-corrected chi connectivity index (χ2v) is 14.4. The molecule has 46 heavy (non-hydrogen) atoms. The molecule has 1 spiro atoms. The number of pyridine rings is 2. The minimum absolute atomic E-state index is 0.0642. The maximum Gasteiger partial charge on any atom is 0.387 e. The standard InChI is InChI=1S/C34H33F2N5O4S/c1-19-3-2-12-37-29(19)30-28(31(45-39-30)20-4-5-20)21-17-34(18-21)10-13-41(14-11-34)22-6-9-25-24(15-22)27(44-33(35)36)16-26(38-25)32(42)40-46(43)23-7-8-23/h2-3,6,9,12,15-17,20,23,33H,4-5,7-8,10-11,13-14,18H2,1H3,(H,40,42). The quantitative estimate of drug-likeness (QED) is 0.200. The number of hydrogen-bond donors (Lipinski definition) is 1. The number of allylic oxidation sites excluding steroid dienone is 2. The van der Waals surface area contributed by atoms with E-state index in [9.17, 15) is 18.1 Å². The summed E-state index contributed by atoms with van der Waals surface area (Å²) >= 11 is -1.52. The van der Waals surface area contributed by atoms with Crippen molar-refractivity contribution in [1.82, 2.24) is 19.8 Å². The first-order valence-electron chi connectivity index (χ1n) is 15.8. The summed E-state index contributed by atoms with van der Waals surface area (Å²) in [7, 11) is 0. The van der Waals surface area contributed by atoms with Crippen LogP contribution in [0.25, 0.3) is 27.9 Å². The lowest BCUT2D eigenvalue weighted by Crippen LogP contribution is -2.42. The largest absolute Gasteiger partial charge is 0.593 e. The second kappa shape index (κ2) is 11.3. The molecule has 4 aromatic rings. The molecule has 4 aliphatic rings. The van der Waals surface area contributed by atoms with Crippen LogP contribution in [0.2, 0.25) is 0 Å². The van der Waals surface area contributed by atoms with Crippen LogP contribution in [-0.4, -0.2) is 50.5 Å². The zero-order valence-electron chi connectivity index (χ0n) is 25.3. The Morgan fingerprint density at radius 3 is 2.63 bits per heavy atom. The summed E-state index contributed by atoms with van der Waals surface area (Å²) in [4.78, 5) is 24.0. The molecule has 1 unspecified atom stereocenters. The molecule has 1 N–H and O–H groups in total. The number of alkyl halides is 2. The molecule has 3 aromatic heterocycles. The highest BCUT2D eigenvalue weighted by atomic mass is 32.2. The number of aromatic nitrogens is 3. The van der Waals surface area contributed by atoms with Gasteiger partial charge in [-0.15, -0.1) is 0 Å². The summed E-state index contributed by atoms with van der Waals surface area (Å²) in [6.45, 7) is 0.567. The van der Waals surface area contributed by atoms with Crippen molar-refractivity contribution >= 4 is 39.4 Å². The fourth-order valence-electron chi connectivity index (χ4n) is 6.74. The van der Waals surface area contributed by atoms with Crippen LogP contribution in [0.4, 0.5) is 14.5 Å². The predicted octanol–water partition coefficient (Wildman–Crippen LogP) is 6.70. The van der Waals surface area contributed by atoms with Crippen molar-refractivity contribution in [2.45, 2.75) is 69.6 Å². The highest BCUT2D eigenvalue weighted by Crippen LogP contribution is 2.55. The van der Waals surface area contributed by atoms with Crippen molar-refractivity contribution in [2.75, 3.05) is 18.0 Å². The molecular weight excluding hydrogens is 612 g/mol. The lowest BCUT2D eigenvalue weighted by atomic mass is 9.63. The van der Waals surface area contributed by atoms with Gasteiger partial charge in [-0.1, -0.05) is 17.3 Å². The lowest BCUT2D eigenvalue weighted by molar-refractivity contribution is -0.0488. The molecule has 3 fully saturated rings. The van der Waals surface area contributed by atoms with Crippen LogP contribution in [0.1, 0.15) is 78.2 Å².